The van der Waals surface area contributed by atoms with Crippen LogP contribution in [0.15, 0.2) is 47.6 Å². The van der Waals surface area contributed by atoms with Crippen molar-refractivity contribution in [1.82, 2.24) is 25.3 Å². The highest BCUT2D eigenvalue weighted by atomic mass is 19.1. The van der Waals surface area contributed by atoms with Crippen LogP contribution in [0, 0.1) is 11.7 Å². The Kier molecular flexibility index (Phi) is 5.81. The van der Waals surface area contributed by atoms with Crippen LogP contribution < -0.4 is 20.8 Å². The van der Waals surface area contributed by atoms with Crippen LogP contribution in [0.3, 0.4) is 0 Å². The molecule has 7 rings (SSSR count). The molecule has 1 saturated heterocycles. The SMILES string of the molecule is C=c1nc(-c2ccnc3[nH]c(C4(c5ccc(F)cc5)CC4)cc23)nc(N2CCNCC2)/c1=C(/C=N\C)C1CC1. The fraction of sp³-hybridized carbons (Fsp3) is 0.355. The van der Waals surface area contributed by atoms with Gasteiger partial charge in [0.25, 0.3) is 0 Å². The number of H-pyrrole nitrogens is 1. The molecule has 0 radical (unpaired) electrons. The summed E-state index contributed by atoms with van der Waals surface area (Å²) in [4.78, 5) is 25.2. The van der Waals surface area contributed by atoms with Gasteiger partial charge in [-0.3, -0.25) is 4.99 Å². The Hall–Kier alpha value is -3.91. The zero-order chi connectivity index (χ0) is 26.6. The first kappa shape index (κ1) is 24.2. The van der Waals surface area contributed by atoms with Gasteiger partial charge in [-0.25, -0.2) is 19.3 Å². The standard InChI is InChI=1S/C31H32FN7/c1-19-27(25(18-33-2)20-3-4-20)30(39-15-13-34-14-16-39)38-29(36-19)23-9-12-35-28-24(23)17-26(37-28)31(10-11-31)21-5-7-22(32)8-6-21/h5-9,12,17-18,20,34H,1,3-4,10-11,13-16H2,2H3,(H,35,37)/b27-25-,33-18-. The van der Waals surface area contributed by atoms with Crippen LogP contribution in [0.4, 0.5) is 10.2 Å². The number of piperazine rings is 1. The molecule has 2 saturated carbocycles. The Morgan fingerprint density at radius 3 is 2.59 bits per heavy atom. The summed E-state index contributed by atoms with van der Waals surface area (Å²) in [5.41, 5.74) is 5.03. The maximum atomic E-state index is 13.6. The predicted molar refractivity (Wildman–Crippen MR) is 154 cm³/mol. The van der Waals surface area contributed by atoms with Crippen LogP contribution in [0.25, 0.3) is 34.6 Å². The van der Waals surface area contributed by atoms with E-state index in [1.54, 1.807) is 12.1 Å². The lowest BCUT2D eigenvalue weighted by molar-refractivity contribution is 0.583. The molecule has 3 aromatic heterocycles. The van der Waals surface area contributed by atoms with Gasteiger partial charge in [-0.1, -0.05) is 18.7 Å². The number of benzene rings is 1. The van der Waals surface area contributed by atoms with E-state index in [1.165, 1.54) is 5.57 Å². The molecule has 1 aliphatic heterocycles. The molecule has 39 heavy (non-hydrogen) atoms. The molecule has 4 aromatic rings. The van der Waals surface area contributed by atoms with Crippen LogP contribution in [0.2, 0.25) is 0 Å². The third kappa shape index (κ3) is 4.23. The second-order valence-corrected chi connectivity index (χ2v) is 10.9. The van der Waals surface area contributed by atoms with Crippen molar-refractivity contribution < 1.29 is 4.39 Å². The van der Waals surface area contributed by atoms with E-state index >= 15 is 0 Å². The molecule has 2 aliphatic carbocycles. The lowest BCUT2D eigenvalue weighted by Gasteiger charge is -2.29. The number of anilines is 1. The molecule has 0 atom stereocenters. The molecule has 2 N–H and O–H groups in total. The zero-order valence-electron chi connectivity index (χ0n) is 22.2. The van der Waals surface area contributed by atoms with E-state index in [4.69, 9.17) is 9.97 Å². The van der Waals surface area contributed by atoms with E-state index in [-0.39, 0.29) is 11.2 Å². The number of fused-ring (bicyclic) bond motifs is 1. The van der Waals surface area contributed by atoms with Gasteiger partial charge in [-0.15, -0.1) is 0 Å². The van der Waals surface area contributed by atoms with Crippen LogP contribution in [-0.2, 0) is 5.41 Å². The van der Waals surface area contributed by atoms with Crippen molar-refractivity contribution in [1.29, 1.82) is 0 Å². The van der Waals surface area contributed by atoms with Gasteiger partial charge in [0.1, 0.15) is 17.3 Å². The summed E-state index contributed by atoms with van der Waals surface area (Å²) in [6, 6.07) is 11.1. The number of pyridine rings is 1. The molecule has 3 fully saturated rings. The molecular formula is C31H32FN7. The summed E-state index contributed by atoms with van der Waals surface area (Å²) in [5.74, 6) is 1.88. The minimum Gasteiger partial charge on any atom is -0.353 e. The van der Waals surface area contributed by atoms with Gasteiger partial charge in [0, 0.05) is 72.9 Å². The molecule has 8 heteroatoms. The number of nitrogens with one attached hydrogen (secondary N) is 2. The highest BCUT2D eigenvalue weighted by Gasteiger charge is 2.47. The molecule has 4 heterocycles. The van der Waals surface area contributed by atoms with Gasteiger partial charge in [0.2, 0.25) is 0 Å². The van der Waals surface area contributed by atoms with E-state index in [9.17, 15) is 4.39 Å². The van der Waals surface area contributed by atoms with Crippen molar-refractivity contribution in [3.8, 4) is 11.4 Å². The van der Waals surface area contributed by atoms with Crippen LogP contribution in [0.1, 0.15) is 36.9 Å². The van der Waals surface area contributed by atoms with Crippen molar-refractivity contribution in [2.24, 2.45) is 10.9 Å². The number of hydrogen-bond donors (Lipinski definition) is 2. The molecule has 3 aliphatic rings. The molecule has 1 aromatic carbocycles. The topological polar surface area (TPSA) is 82.1 Å². The fourth-order valence-corrected chi connectivity index (χ4v) is 6.01. The van der Waals surface area contributed by atoms with Crippen molar-refractivity contribution in [3.05, 3.63) is 70.2 Å². The van der Waals surface area contributed by atoms with Crippen LogP contribution in [0.5, 0.6) is 0 Å². The van der Waals surface area contributed by atoms with Crippen molar-refractivity contribution in [3.63, 3.8) is 0 Å². The lowest BCUT2D eigenvalue weighted by Crippen LogP contribution is -2.48. The van der Waals surface area contributed by atoms with Crippen molar-refractivity contribution in [2.45, 2.75) is 31.1 Å². The minimum absolute atomic E-state index is 0.132. The summed E-state index contributed by atoms with van der Waals surface area (Å²) < 4.78 is 13.6. The fourth-order valence-electron chi connectivity index (χ4n) is 6.01. The molecule has 0 amide bonds. The normalized spacial score (nSPS) is 19.6. The average Bonchev–Trinajstić information content (AvgIpc) is 3.90. The predicted octanol–water partition coefficient (Wildman–Crippen LogP) is 3.32. The Morgan fingerprint density at radius 2 is 1.90 bits per heavy atom. The van der Waals surface area contributed by atoms with E-state index < -0.39 is 0 Å². The van der Waals surface area contributed by atoms with Gasteiger partial charge in [-0.05, 0) is 67.0 Å². The first-order chi connectivity index (χ1) is 19.1. The van der Waals surface area contributed by atoms with Crippen LogP contribution >= 0.6 is 0 Å². The highest BCUT2D eigenvalue weighted by molar-refractivity contribution is 6.04. The van der Waals surface area contributed by atoms with E-state index in [0.29, 0.717) is 11.7 Å². The Bertz CT molecular complexity index is 1690. The van der Waals surface area contributed by atoms with Crippen molar-refractivity contribution >= 4 is 35.2 Å². The molecule has 0 unspecified atom stereocenters. The summed E-state index contributed by atoms with van der Waals surface area (Å²) in [5, 5.41) is 6.20. The maximum absolute atomic E-state index is 13.6. The third-order valence-corrected chi connectivity index (χ3v) is 8.39. The number of rotatable bonds is 6. The van der Waals surface area contributed by atoms with E-state index in [2.05, 4.69) is 37.8 Å². The summed E-state index contributed by atoms with van der Waals surface area (Å²) >= 11 is 0. The summed E-state index contributed by atoms with van der Waals surface area (Å²) in [7, 11) is 1.82. The quantitative estimate of drug-likeness (QED) is 0.381. The molecule has 0 bridgehead atoms. The first-order valence-electron chi connectivity index (χ1n) is 13.8. The molecular weight excluding hydrogens is 489 g/mol. The minimum atomic E-state index is -0.215. The van der Waals surface area contributed by atoms with E-state index in [0.717, 1.165) is 96.1 Å². The number of aromatic nitrogens is 4. The number of aliphatic imine (C=N–C) groups is 1. The number of aromatic amines is 1. The first-order valence-corrected chi connectivity index (χ1v) is 13.8. The molecule has 0 spiro atoms. The largest absolute Gasteiger partial charge is 0.353 e. The second kappa shape index (κ2) is 9.38. The van der Waals surface area contributed by atoms with E-state index in [1.807, 2.05) is 37.7 Å². The third-order valence-electron chi connectivity index (χ3n) is 8.39. The van der Waals surface area contributed by atoms with Gasteiger partial charge < -0.3 is 15.2 Å². The monoisotopic (exact) mass is 521 g/mol. The molecule has 7 nitrogen and oxygen atoms in total. The smallest absolute Gasteiger partial charge is 0.162 e. The summed E-state index contributed by atoms with van der Waals surface area (Å²) in [6.45, 7) is 8.01. The van der Waals surface area contributed by atoms with Crippen LogP contribution in [-0.4, -0.2) is 59.4 Å². The van der Waals surface area contributed by atoms with Gasteiger partial charge in [0.05, 0.1) is 5.35 Å². The highest BCUT2D eigenvalue weighted by Crippen LogP contribution is 2.53. The lowest BCUT2D eigenvalue weighted by atomic mass is 9.92. The zero-order valence-corrected chi connectivity index (χ0v) is 22.2. The Labute approximate surface area is 226 Å². The second-order valence-electron chi connectivity index (χ2n) is 10.9. The average molecular weight is 522 g/mol. The number of hydrogen-bond acceptors (Lipinski definition) is 6. The Balaban J connectivity index is 1.39. The van der Waals surface area contributed by atoms with Gasteiger partial charge in [0.15, 0.2) is 5.82 Å². The maximum Gasteiger partial charge on any atom is 0.162 e. The summed E-state index contributed by atoms with van der Waals surface area (Å²) in [6.07, 6.45) is 8.14. The van der Waals surface area contributed by atoms with Gasteiger partial charge >= 0.3 is 0 Å². The number of nitrogens with zero attached hydrogens (tertiary/aromatic N) is 5. The Morgan fingerprint density at radius 1 is 1.13 bits per heavy atom. The number of halogens is 1. The van der Waals surface area contributed by atoms with Gasteiger partial charge in [-0.2, -0.15) is 0 Å². The van der Waals surface area contributed by atoms with Crippen molar-refractivity contribution in [2.75, 3.05) is 38.1 Å². The molecule has 198 valence electrons.